The first-order valence-electron chi connectivity index (χ1n) is 8.16. The number of carboxylic acid groups (broad SMARTS) is 1. The van der Waals surface area contributed by atoms with Gasteiger partial charge in [0, 0.05) is 32.4 Å². The Morgan fingerprint density at radius 3 is 2.52 bits per heavy atom. The number of benzene rings is 1. The summed E-state index contributed by atoms with van der Waals surface area (Å²) in [6, 6.07) is 1.15. The van der Waals surface area contributed by atoms with Crippen LogP contribution in [0.15, 0.2) is 17.1 Å². The Morgan fingerprint density at radius 2 is 1.89 bits per heavy atom. The summed E-state index contributed by atoms with van der Waals surface area (Å²) in [5.74, 6) is -1.53. The molecule has 148 valence electrons. The zero-order valence-corrected chi connectivity index (χ0v) is 15.5. The minimum absolute atomic E-state index is 0. The minimum atomic E-state index is -1.31. The van der Waals surface area contributed by atoms with Gasteiger partial charge in [-0.05, 0) is 13.1 Å². The molecule has 0 spiro atoms. The van der Waals surface area contributed by atoms with Gasteiger partial charge in [0.25, 0.3) is 0 Å². The van der Waals surface area contributed by atoms with Crippen LogP contribution in [0.2, 0.25) is 0 Å². The normalized spacial score (nSPS) is 16.3. The molecule has 0 amide bonds. The smallest absolute Gasteiger partial charge is 0.341 e. The van der Waals surface area contributed by atoms with Gasteiger partial charge in [0.2, 0.25) is 5.43 Å². The summed E-state index contributed by atoms with van der Waals surface area (Å²) in [6.45, 7) is 3.65. The number of carboxylic acids is 1. The van der Waals surface area contributed by atoms with E-state index in [-0.39, 0.29) is 28.8 Å². The Labute approximate surface area is 160 Å². The lowest BCUT2D eigenvalue weighted by Gasteiger charge is -2.36. The predicted molar refractivity (Wildman–Crippen MR) is 101 cm³/mol. The number of hydrogen-bond donors (Lipinski definition) is 1. The molecule has 1 fully saturated rings. The fourth-order valence-corrected chi connectivity index (χ4v) is 3.52. The van der Waals surface area contributed by atoms with E-state index >= 15 is 0 Å². The Bertz CT molecular complexity index is 941. The van der Waals surface area contributed by atoms with Gasteiger partial charge in [0.15, 0.2) is 11.6 Å². The van der Waals surface area contributed by atoms with Gasteiger partial charge in [-0.15, -0.1) is 12.4 Å². The quantitative estimate of drug-likeness (QED) is 0.789. The monoisotopic (exact) mass is 401 g/mol. The van der Waals surface area contributed by atoms with E-state index in [2.05, 4.69) is 4.90 Å². The summed E-state index contributed by atoms with van der Waals surface area (Å²) >= 11 is 0. The molecule has 2 aliphatic rings. The first-order chi connectivity index (χ1) is 12.0. The van der Waals surface area contributed by atoms with Crippen LogP contribution in [-0.2, 0) is 6.54 Å². The maximum Gasteiger partial charge on any atom is 0.341 e. The maximum absolute atomic E-state index is 14.9. The van der Waals surface area contributed by atoms with Gasteiger partial charge in [0.1, 0.15) is 17.9 Å². The van der Waals surface area contributed by atoms with Gasteiger partial charge < -0.3 is 29.7 Å². The topological polar surface area (TPSA) is 107 Å². The molecule has 0 bridgehead atoms. The second-order valence-corrected chi connectivity index (χ2v) is 6.44. The van der Waals surface area contributed by atoms with E-state index < -0.39 is 17.2 Å². The van der Waals surface area contributed by atoms with E-state index in [4.69, 9.17) is 4.74 Å². The molecule has 1 saturated heterocycles. The number of ether oxygens (including phenoxy) is 1. The molecule has 10 heteroatoms. The SMILES string of the molecule is CN1CCN(c2c(F)cc3c(=O)c(C(=O)O)cn4c3c2OCC4)CC1.Cl.O. The highest BCUT2D eigenvalue weighted by Gasteiger charge is 2.28. The molecule has 2 aromatic rings. The van der Waals surface area contributed by atoms with Gasteiger partial charge >= 0.3 is 5.97 Å². The zero-order chi connectivity index (χ0) is 17.7. The van der Waals surface area contributed by atoms with Gasteiger partial charge in [0.05, 0.1) is 17.4 Å². The summed E-state index contributed by atoms with van der Waals surface area (Å²) < 4.78 is 22.3. The molecule has 0 atom stereocenters. The number of anilines is 1. The first kappa shape index (κ1) is 20.9. The molecule has 1 aromatic heterocycles. The zero-order valence-electron chi connectivity index (χ0n) is 14.7. The number of carbonyl (C=O) groups is 1. The number of nitrogens with zero attached hydrogens (tertiary/aromatic N) is 3. The van der Waals surface area contributed by atoms with Gasteiger partial charge in [-0.25, -0.2) is 9.18 Å². The van der Waals surface area contributed by atoms with Crippen LogP contribution in [0, 0.1) is 5.82 Å². The lowest BCUT2D eigenvalue weighted by Crippen LogP contribution is -2.45. The number of aromatic carboxylic acids is 1. The Kier molecular flexibility index (Phi) is 5.98. The minimum Gasteiger partial charge on any atom is -0.487 e. The fraction of sp³-hybridized carbons (Fsp3) is 0.412. The molecule has 2 aliphatic heterocycles. The molecule has 3 N–H and O–H groups in total. The maximum atomic E-state index is 14.9. The highest BCUT2D eigenvalue weighted by atomic mass is 35.5. The summed E-state index contributed by atoms with van der Waals surface area (Å²) in [5, 5.41) is 9.28. The Morgan fingerprint density at radius 1 is 1.22 bits per heavy atom. The van der Waals surface area contributed by atoms with Gasteiger partial charge in [-0.1, -0.05) is 0 Å². The third-order valence-electron chi connectivity index (χ3n) is 4.87. The van der Waals surface area contributed by atoms with Crippen molar-refractivity contribution >= 4 is 35.0 Å². The van der Waals surface area contributed by atoms with Crippen molar-refractivity contribution in [1.29, 1.82) is 0 Å². The molecule has 8 nitrogen and oxygen atoms in total. The number of hydrogen-bond acceptors (Lipinski definition) is 5. The highest BCUT2D eigenvalue weighted by molar-refractivity contribution is 5.97. The second-order valence-electron chi connectivity index (χ2n) is 6.44. The van der Waals surface area contributed by atoms with Crippen molar-refractivity contribution in [2.75, 3.05) is 44.7 Å². The van der Waals surface area contributed by atoms with Crippen LogP contribution in [0.3, 0.4) is 0 Å². The number of aromatic nitrogens is 1. The highest BCUT2D eigenvalue weighted by Crippen LogP contribution is 2.40. The largest absolute Gasteiger partial charge is 0.487 e. The van der Waals surface area contributed by atoms with E-state index in [0.717, 1.165) is 19.2 Å². The van der Waals surface area contributed by atoms with Crippen molar-refractivity contribution in [1.82, 2.24) is 9.47 Å². The number of likely N-dealkylation sites (N-methyl/N-ethyl adjacent to an activating group) is 1. The Hall–Kier alpha value is -2.36. The molecular weight excluding hydrogens is 381 g/mol. The van der Waals surface area contributed by atoms with Crippen molar-refractivity contribution in [2.24, 2.45) is 0 Å². The lowest BCUT2D eigenvalue weighted by atomic mass is 10.1. The van der Waals surface area contributed by atoms with Crippen molar-refractivity contribution < 1.29 is 24.5 Å². The van der Waals surface area contributed by atoms with Gasteiger partial charge in [-0.2, -0.15) is 0 Å². The van der Waals surface area contributed by atoms with Crippen LogP contribution in [0.5, 0.6) is 5.75 Å². The molecule has 1 aromatic carbocycles. The van der Waals surface area contributed by atoms with Crippen molar-refractivity contribution in [3.63, 3.8) is 0 Å². The summed E-state index contributed by atoms with van der Waals surface area (Å²) in [7, 11) is 2.01. The van der Waals surface area contributed by atoms with Crippen LogP contribution in [0.25, 0.3) is 10.9 Å². The third kappa shape index (κ3) is 3.33. The first-order valence-corrected chi connectivity index (χ1v) is 8.16. The van der Waals surface area contributed by atoms with Crippen LogP contribution >= 0.6 is 12.4 Å². The number of halogens is 2. The molecule has 3 heterocycles. The van der Waals surface area contributed by atoms with Crippen LogP contribution in [-0.4, -0.2) is 65.9 Å². The lowest BCUT2D eigenvalue weighted by molar-refractivity contribution is 0.0694. The predicted octanol–water partition coefficient (Wildman–Crippen LogP) is 0.580. The second kappa shape index (κ2) is 7.71. The number of pyridine rings is 1. The van der Waals surface area contributed by atoms with Crippen LogP contribution in [0.4, 0.5) is 10.1 Å². The Balaban J connectivity index is 0.00000131. The van der Waals surface area contributed by atoms with E-state index in [1.54, 1.807) is 4.57 Å². The molecule has 0 aliphatic carbocycles. The molecule has 27 heavy (non-hydrogen) atoms. The third-order valence-corrected chi connectivity index (χ3v) is 4.87. The number of piperazine rings is 1. The molecule has 0 saturated carbocycles. The average molecular weight is 402 g/mol. The fourth-order valence-electron chi connectivity index (χ4n) is 3.52. The van der Waals surface area contributed by atoms with Crippen LogP contribution in [0.1, 0.15) is 10.4 Å². The van der Waals surface area contributed by atoms with E-state index in [1.807, 2.05) is 11.9 Å². The summed E-state index contributed by atoms with van der Waals surface area (Å²) in [6.07, 6.45) is 1.32. The van der Waals surface area contributed by atoms with E-state index in [0.29, 0.717) is 43.2 Å². The summed E-state index contributed by atoms with van der Waals surface area (Å²) in [4.78, 5) is 27.9. The van der Waals surface area contributed by atoms with E-state index in [1.165, 1.54) is 6.20 Å². The summed E-state index contributed by atoms with van der Waals surface area (Å²) in [5.41, 5.74) is -0.213. The van der Waals surface area contributed by atoms with Crippen LogP contribution < -0.4 is 15.1 Å². The standard InChI is InChI=1S/C17H18FN3O4.ClH.H2O/c1-19-2-4-20(5-3-19)14-12(18)8-10-13-16(14)25-7-6-21(13)9-11(15(10)22)17(23)24;;/h8-9H,2-7H2,1H3,(H,23,24);1H;1H2. The van der Waals surface area contributed by atoms with Crippen molar-refractivity contribution in [3.8, 4) is 5.75 Å². The average Bonchev–Trinajstić information content (AvgIpc) is 2.58. The van der Waals surface area contributed by atoms with E-state index in [9.17, 15) is 19.1 Å². The van der Waals surface area contributed by atoms with Crippen molar-refractivity contribution in [2.45, 2.75) is 6.54 Å². The molecule has 0 unspecified atom stereocenters. The molecule has 0 radical (unpaired) electrons. The van der Waals surface area contributed by atoms with Crippen molar-refractivity contribution in [3.05, 3.63) is 33.9 Å². The number of rotatable bonds is 2. The van der Waals surface area contributed by atoms with Gasteiger partial charge in [-0.3, -0.25) is 4.79 Å². The molecule has 4 rings (SSSR count). The molecular formula is C17H21ClFN3O5.